The van der Waals surface area contributed by atoms with E-state index in [0.717, 1.165) is 12.8 Å². The molecule has 1 fully saturated rings. The van der Waals surface area contributed by atoms with Crippen LogP contribution in [0.4, 0.5) is 20.2 Å². The van der Waals surface area contributed by atoms with Gasteiger partial charge in [0.2, 0.25) is 5.82 Å². The number of pyridine rings is 1. The molecule has 1 aromatic heterocycles. The van der Waals surface area contributed by atoms with Crippen LogP contribution in [0.5, 0.6) is 0 Å². The van der Waals surface area contributed by atoms with Crippen LogP contribution in [0.3, 0.4) is 0 Å². The maximum atomic E-state index is 14.9. The molecular weight excluding hydrogens is 392 g/mol. The average Bonchev–Trinajstić information content (AvgIpc) is 3.43. The second kappa shape index (κ2) is 9.38. The van der Waals surface area contributed by atoms with Crippen molar-refractivity contribution in [3.8, 4) is 0 Å². The van der Waals surface area contributed by atoms with Crippen LogP contribution in [0.1, 0.15) is 54.7 Å². The Kier molecular flexibility index (Phi) is 6.87. The maximum Gasteiger partial charge on any atom is 0.289 e. The molecule has 2 heterocycles. The zero-order valence-corrected chi connectivity index (χ0v) is 17.5. The van der Waals surface area contributed by atoms with Gasteiger partial charge < -0.3 is 9.88 Å². The van der Waals surface area contributed by atoms with Crippen LogP contribution in [-0.2, 0) is 17.8 Å². The molecule has 6 nitrogen and oxygen atoms in total. The van der Waals surface area contributed by atoms with E-state index >= 15 is 0 Å². The van der Waals surface area contributed by atoms with Gasteiger partial charge in [0.25, 0.3) is 11.5 Å². The number of rotatable bonds is 6. The number of carbonyl (C=O) groups excluding carboxylic acids is 1. The van der Waals surface area contributed by atoms with Crippen LogP contribution >= 0.6 is 0 Å². The number of amides is 1. The van der Waals surface area contributed by atoms with Gasteiger partial charge in [-0.2, -0.15) is 4.39 Å². The maximum absolute atomic E-state index is 14.9. The molecule has 30 heavy (non-hydrogen) atoms. The first-order valence-electron chi connectivity index (χ1n) is 10.4. The summed E-state index contributed by atoms with van der Waals surface area (Å²) < 4.78 is 30.4. The number of halogens is 2. The zero-order valence-electron chi connectivity index (χ0n) is 17.5. The van der Waals surface area contributed by atoms with Crippen LogP contribution in [0.15, 0.2) is 23.0 Å². The third-order valence-electron chi connectivity index (χ3n) is 5.10. The van der Waals surface area contributed by atoms with E-state index in [1.165, 1.54) is 16.7 Å². The van der Waals surface area contributed by atoms with Crippen molar-refractivity contribution in [3.63, 3.8) is 0 Å². The third kappa shape index (κ3) is 4.53. The summed E-state index contributed by atoms with van der Waals surface area (Å²) in [5.74, 6) is -1.94. The molecule has 0 saturated heterocycles. The zero-order chi connectivity index (χ0) is 21.8. The Bertz CT molecular complexity index is 1000. The van der Waals surface area contributed by atoms with Crippen molar-refractivity contribution in [2.45, 2.75) is 53.0 Å². The van der Waals surface area contributed by atoms with E-state index < -0.39 is 23.1 Å². The van der Waals surface area contributed by atoms with E-state index in [-0.39, 0.29) is 16.9 Å². The van der Waals surface area contributed by atoms with E-state index in [1.807, 2.05) is 13.8 Å². The predicted octanol–water partition coefficient (Wildman–Crippen LogP) is 4.22. The Morgan fingerprint density at radius 2 is 2.00 bits per heavy atom. The summed E-state index contributed by atoms with van der Waals surface area (Å²) in [6.45, 7) is 6.46. The van der Waals surface area contributed by atoms with E-state index in [2.05, 4.69) is 10.8 Å². The smallest absolute Gasteiger partial charge is 0.289 e. The number of hydrogen-bond acceptors (Lipinski definition) is 4. The number of fused-ring (bicyclic) bond motifs is 1. The van der Waals surface area contributed by atoms with Gasteiger partial charge >= 0.3 is 0 Å². The molecule has 1 aliphatic carbocycles. The van der Waals surface area contributed by atoms with E-state index in [1.54, 1.807) is 13.0 Å². The highest BCUT2D eigenvalue weighted by Crippen LogP contribution is 2.31. The SMILES string of the molecule is CC.Cc1ccc(Nc2c(C(=O)NOCC3CC3)c3n(c(=O)c2F)CCC3)c(F)c1. The molecule has 2 aliphatic rings. The van der Waals surface area contributed by atoms with E-state index in [0.29, 0.717) is 43.2 Å². The highest BCUT2D eigenvalue weighted by molar-refractivity contribution is 6.01. The molecule has 0 spiro atoms. The summed E-state index contributed by atoms with van der Waals surface area (Å²) in [7, 11) is 0. The van der Waals surface area contributed by atoms with Gasteiger partial charge in [-0.05, 0) is 56.2 Å². The summed E-state index contributed by atoms with van der Waals surface area (Å²) >= 11 is 0. The van der Waals surface area contributed by atoms with Crippen LogP contribution in [0.2, 0.25) is 0 Å². The van der Waals surface area contributed by atoms with Crippen LogP contribution < -0.4 is 16.4 Å². The summed E-state index contributed by atoms with van der Waals surface area (Å²) in [5, 5.41) is 2.62. The van der Waals surface area contributed by atoms with Gasteiger partial charge in [-0.1, -0.05) is 19.9 Å². The average molecular weight is 419 g/mol. The molecular formula is C22H27F2N3O3. The van der Waals surface area contributed by atoms with Crippen LogP contribution in [0.25, 0.3) is 0 Å². The van der Waals surface area contributed by atoms with Gasteiger partial charge in [0.1, 0.15) is 5.82 Å². The van der Waals surface area contributed by atoms with Crippen molar-refractivity contribution in [3.05, 3.63) is 57.0 Å². The quantitative estimate of drug-likeness (QED) is 0.688. The number of nitrogens with zero attached hydrogens (tertiary/aromatic N) is 1. The van der Waals surface area contributed by atoms with E-state index in [9.17, 15) is 18.4 Å². The standard InChI is InChI=1S/C20H21F2N3O3.C2H6/c1-11-4-7-14(13(21)9-11)23-18-16(19(26)24-28-10-12-5-6-12)15-3-2-8-25(15)20(27)17(18)22;1-2/h4,7,9,12,23H,2-3,5-6,8,10H2,1H3,(H,24,26);1-2H3. The first kappa shape index (κ1) is 22.0. The number of hydrogen-bond donors (Lipinski definition) is 2. The monoisotopic (exact) mass is 419 g/mol. The number of aromatic nitrogens is 1. The largest absolute Gasteiger partial charge is 0.350 e. The minimum atomic E-state index is -1.11. The Hall–Kier alpha value is -2.74. The molecule has 0 atom stereocenters. The molecule has 2 aromatic rings. The molecule has 1 aromatic carbocycles. The molecule has 0 unspecified atom stereocenters. The third-order valence-corrected chi connectivity index (χ3v) is 5.10. The van der Waals surface area contributed by atoms with Gasteiger partial charge in [0.05, 0.1) is 23.5 Å². The molecule has 2 N–H and O–H groups in total. The van der Waals surface area contributed by atoms with Gasteiger partial charge in [0.15, 0.2) is 0 Å². The van der Waals surface area contributed by atoms with Crippen LogP contribution in [0, 0.1) is 24.5 Å². The van der Waals surface area contributed by atoms with Crippen molar-refractivity contribution in [1.29, 1.82) is 0 Å². The van der Waals surface area contributed by atoms with Crippen molar-refractivity contribution in [2.24, 2.45) is 5.92 Å². The lowest BCUT2D eigenvalue weighted by Crippen LogP contribution is -2.32. The van der Waals surface area contributed by atoms with Crippen molar-refractivity contribution < 1.29 is 18.4 Å². The lowest BCUT2D eigenvalue weighted by atomic mass is 10.1. The Balaban J connectivity index is 0.00000124. The lowest BCUT2D eigenvalue weighted by molar-refractivity contribution is 0.0269. The number of aryl methyl sites for hydroxylation is 1. The topological polar surface area (TPSA) is 72.4 Å². The van der Waals surface area contributed by atoms with Crippen molar-refractivity contribution in [1.82, 2.24) is 10.0 Å². The number of anilines is 2. The molecule has 8 heteroatoms. The van der Waals surface area contributed by atoms with Gasteiger partial charge in [-0.15, -0.1) is 0 Å². The fourth-order valence-electron chi connectivity index (χ4n) is 3.42. The lowest BCUT2D eigenvalue weighted by Gasteiger charge is -2.18. The fourth-order valence-corrected chi connectivity index (χ4v) is 3.42. The molecule has 1 amide bonds. The molecule has 1 aliphatic heterocycles. The fraction of sp³-hybridized carbons (Fsp3) is 0.455. The Labute approximate surface area is 174 Å². The van der Waals surface area contributed by atoms with E-state index in [4.69, 9.17) is 4.84 Å². The minimum Gasteiger partial charge on any atom is -0.350 e. The number of carbonyl (C=O) groups is 1. The normalized spacial score (nSPS) is 14.6. The highest BCUT2D eigenvalue weighted by Gasteiger charge is 2.30. The second-order valence-corrected chi connectivity index (χ2v) is 7.36. The summed E-state index contributed by atoms with van der Waals surface area (Å²) in [5.41, 5.74) is 2.28. The minimum absolute atomic E-state index is 0.0141. The Morgan fingerprint density at radius 1 is 1.27 bits per heavy atom. The number of benzene rings is 1. The molecule has 162 valence electrons. The van der Waals surface area contributed by atoms with Gasteiger partial charge in [-0.25, -0.2) is 9.87 Å². The first-order valence-corrected chi connectivity index (χ1v) is 10.4. The number of nitrogens with one attached hydrogen (secondary N) is 2. The molecule has 4 rings (SSSR count). The van der Waals surface area contributed by atoms with Crippen molar-refractivity contribution in [2.75, 3.05) is 11.9 Å². The van der Waals surface area contributed by atoms with Crippen molar-refractivity contribution >= 4 is 17.3 Å². The highest BCUT2D eigenvalue weighted by atomic mass is 19.1. The molecule has 0 radical (unpaired) electrons. The molecule has 1 saturated carbocycles. The van der Waals surface area contributed by atoms with Crippen LogP contribution in [-0.4, -0.2) is 17.1 Å². The van der Waals surface area contributed by atoms with Gasteiger partial charge in [-0.3, -0.25) is 14.4 Å². The summed E-state index contributed by atoms with van der Waals surface area (Å²) in [6, 6.07) is 4.39. The molecule has 0 bridgehead atoms. The first-order chi connectivity index (χ1) is 14.5. The second-order valence-electron chi connectivity index (χ2n) is 7.36. The summed E-state index contributed by atoms with van der Waals surface area (Å²) in [4.78, 5) is 30.4. The Morgan fingerprint density at radius 3 is 2.67 bits per heavy atom. The van der Waals surface area contributed by atoms with Gasteiger partial charge in [0, 0.05) is 12.2 Å². The number of hydroxylamine groups is 1. The summed E-state index contributed by atoms with van der Waals surface area (Å²) in [6.07, 6.45) is 3.19. The predicted molar refractivity (Wildman–Crippen MR) is 111 cm³/mol.